The van der Waals surface area contributed by atoms with E-state index < -0.39 is 10.0 Å². The van der Waals surface area contributed by atoms with E-state index in [0.29, 0.717) is 29.7 Å². The molecular weight excluding hydrogens is 326 g/mol. The van der Waals surface area contributed by atoms with Crippen LogP contribution in [0.4, 0.5) is 0 Å². The Kier molecular flexibility index (Phi) is 4.64. The summed E-state index contributed by atoms with van der Waals surface area (Å²) >= 11 is 0. The molecule has 0 spiro atoms. The van der Waals surface area contributed by atoms with Crippen LogP contribution in [0, 0.1) is 6.92 Å². The summed E-state index contributed by atoms with van der Waals surface area (Å²) in [6.07, 6.45) is 0. The van der Waals surface area contributed by atoms with Crippen LogP contribution in [0.1, 0.15) is 23.6 Å². The van der Waals surface area contributed by atoms with Crippen LogP contribution >= 0.6 is 0 Å². The quantitative estimate of drug-likeness (QED) is 0.686. The fourth-order valence-corrected chi connectivity index (χ4v) is 4.05. The first kappa shape index (κ1) is 16.6. The van der Waals surface area contributed by atoms with Crippen molar-refractivity contribution in [3.05, 3.63) is 59.2 Å². The van der Waals surface area contributed by atoms with Gasteiger partial charge in [0.1, 0.15) is 11.0 Å². The number of aryl methyl sites for hydroxylation is 1. The van der Waals surface area contributed by atoms with E-state index in [1.165, 1.54) is 4.31 Å². The lowest BCUT2D eigenvalue weighted by Gasteiger charge is -2.20. The molecule has 126 valence electrons. The first-order chi connectivity index (χ1) is 11.5. The molecule has 3 aromatic rings. The zero-order valence-corrected chi connectivity index (χ0v) is 14.5. The molecule has 1 heterocycles. The van der Waals surface area contributed by atoms with Crippen molar-refractivity contribution in [2.24, 2.45) is 0 Å². The fraction of sp³-hybridized carbons (Fsp3) is 0.294. The van der Waals surface area contributed by atoms with E-state index in [1.807, 2.05) is 38.1 Å². The highest BCUT2D eigenvalue weighted by atomic mass is 32.2. The lowest BCUT2D eigenvalue weighted by Crippen LogP contribution is -2.31. The van der Waals surface area contributed by atoms with E-state index in [4.69, 9.17) is 0 Å². The van der Waals surface area contributed by atoms with Crippen molar-refractivity contribution in [3.63, 3.8) is 0 Å². The third kappa shape index (κ3) is 3.63. The molecular formula is C17H19N3O3S. The Balaban J connectivity index is 1.79. The van der Waals surface area contributed by atoms with Crippen molar-refractivity contribution >= 4 is 21.1 Å². The molecule has 0 amide bonds. The second-order valence-corrected chi connectivity index (χ2v) is 7.72. The van der Waals surface area contributed by atoms with Gasteiger partial charge in [0.2, 0.25) is 10.0 Å². The van der Waals surface area contributed by atoms with E-state index in [0.717, 1.165) is 11.1 Å². The van der Waals surface area contributed by atoms with Crippen LogP contribution in [0.5, 0.6) is 0 Å². The average Bonchev–Trinajstić information content (AvgIpc) is 3.01. The molecule has 1 aromatic heterocycles. The molecule has 7 heteroatoms. The van der Waals surface area contributed by atoms with Crippen molar-refractivity contribution in [3.8, 4) is 0 Å². The van der Waals surface area contributed by atoms with Crippen LogP contribution in [0.25, 0.3) is 11.0 Å². The minimum atomic E-state index is -3.43. The van der Waals surface area contributed by atoms with Gasteiger partial charge < -0.3 is 0 Å². The van der Waals surface area contributed by atoms with Gasteiger partial charge in [0.15, 0.2) is 0 Å². The van der Waals surface area contributed by atoms with Gasteiger partial charge in [0, 0.05) is 13.1 Å². The number of hydrogen-bond donors (Lipinski definition) is 0. The predicted octanol–water partition coefficient (Wildman–Crippen LogP) is 2.88. The van der Waals surface area contributed by atoms with Crippen molar-refractivity contribution in [2.45, 2.75) is 26.1 Å². The highest BCUT2D eigenvalue weighted by molar-refractivity contribution is 7.88. The summed E-state index contributed by atoms with van der Waals surface area (Å²) < 4.78 is 31.6. The second kappa shape index (κ2) is 6.70. The van der Waals surface area contributed by atoms with E-state index in [-0.39, 0.29) is 5.75 Å². The van der Waals surface area contributed by atoms with Crippen LogP contribution in [0.2, 0.25) is 0 Å². The molecule has 0 aliphatic carbocycles. The zero-order valence-electron chi connectivity index (χ0n) is 13.6. The van der Waals surface area contributed by atoms with Crippen LogP contribution in [0.3, 0.4) is 0 Å². The van der Waals surface area contributed by atoms with Gasteiger partial charge in [-0.05, 0) is 40.5 Å². The Morgan fingerprint density at radius 2 is 1.67 bits per heavy atom. The molecule has 0 radical (unpaired) electrons. The van der Waals surface area contributed by atoms with E-state index >= 15 is 0 Å². The number of fused-ring (bicyclic) bond motifs is 1. The Bertz CT molecular complexity index is 933. The molecule has 2 aromatic carbocycles. The first-order valence-electron chi connectivity index (χ1n) is 7.72. The lowest BCUT2D eigenvalue weighted by atomic mass is 10.1. The topological polar surface area (TPSA) is 76.3 Å². The first-order valence-corrected chi connectivity index (χ1v) is 9.33. The van der Waals surface area contributed by atoms with Crippen molar-refractivity contribution in [1.29, 1.82) is 0 Å². The van der Waals surface area contributed by atoms with Gasteiger partial charge in [0.05, 0.1) is 5.75 Å². The minimum Gasteiger partial charge on any atom is -0.243 e. The Labute approximate surface area is 141 Å². The molecule has 0 unspecified atom stereocenters. The fourth-order valence-electron chi connectivity index (χ4n) is 2.52. The van der Waals surface area contributed by atoms with Gasteiger partial charge in [-0.2, -0.15) is 4.31 Å². The predicted molar refractivity (Wildman–Crippen MR) is 91.7 cm³/mol. The second-order valence-electron chi connectivity index (χ2n) is 5.76. The molecule has 3 rings (SSSR count). The minimum absolute atomic E-state index is 0.0739. The summed E-state index contributed by atoms with van der Waals surface area (Å²) in [4.78, 5) is 0. The number of aromatic nitrogens is 2. The number of nitrogens with zero attached hydrogens (tertiary/aromatic N) is 3. The van der Waals surface area contributed by atoms with Gasteiger partial charge in [-0.15, -0.1) is 0 Å². The van der Waals surface area contributed by atoms with Crippen molar-refractivity contribution in [2.75, 3.05) is 6.54 Å². The van der Waals surface area contributed by atoms with Gasteiger partial charge >= 0.3 is 0 Å². The maximum Gasteiger partial charge on any atom is 0.218 e. The van der Waals surface area contributed by atoms with Crippen LogP contribution in [0.15, 0.2) is 47.1 Å². The highest BCUT2D eigenvalue weighted by Crippen LogP contribution is 2.18. The molecule has 6 nitrogen and oxygen atoms in total. The molecule has 0 aliphatic rings. The van der Waals surface area contributed by atoms with Crippen molar-refractivity contribution < 1.29 is 13.0 Å². The summed E-state index contributed by atoms with van der Waals surface area (Å²) in [7, 11) is -3.43. The maximum absolute atomic E-state index is 12.7. The molecule has 0 saturated heterocycles. The largest absolute Gasteiger partial charge is 0.243 e. The van der Waals surface area contributed by atoms with Crippen molar-refractivity contribution in [1.82, 2.24) is 14.6 Å². The Morgan fingerprint density at radius 1 is 1.00 bits per heavy atom. The van der Waals surface area contributed by atoms with E-state index in [1.54, 1.807) is 18.2 Å². The van der Waals surface area contributed by atoms with E-state index in [2.05, 4.69) is 14.9 Å². The number of sulfonamides is 1. The van der Waals surface area contributed by atoms with Gasteiger partial charge in [-0.1, -0.05) is 42.8 Å². The smallest absolute Gasteiger partial charge is 0.218 e. The standard InChI is InChI=1S/C17H19N3O3S/c1-3-20(11-14-6-4-13(2)5-7-14)24(21,22)12-15-8-9-16-17(10-15)19-23-18-16/h4-10H,3,11-12H2,1-2H3. The Morgan fingerprint density at radius 3 is 2.38 bits per heavy atom. The summed E-state index contributed by atoms with van der Waals surface area (Å²) in [5.41, 5.74) is 3.97. The van der Waals surface area contributed by atoms with Crippen LogP contribution in [-0.2, 0) is 22.3 Å². The molecule has 0 atom stereocenters. The normalized spacial score (nSPS) is 12.1. The number of rotatable bonds is 6. The summed E-state index contributed by atoms with van der Waals surface area (Å²) in [5, 5.41) is 7.48. The monoisotopic (exact) mass is 345 g/mol. The third-order valence-corrected chi connectivity index (χ3v) is 5.77. The van der Waals surface area contributed by atoms with Gasteiger partial charge in [-0.25, -0.2) is 13.0 Å². The molecule has 0 bridgehead atoms. The molecule has 0 aliphatic heterocycles. The molecule has 24 heavy (non-hydrogen) atoms. The third-order valence-electron chi connectivity index (χ3n) is 3.89. The number of hydrogen-bond acceptors (Lipinski definition) is 5. The van der Waals surface area contributed by atoms with Crippen LogP contribution < -0.4 is 0 Å². The molecule has 0 N–H and O–H groups in total. The Hall–Kier alpha value is -2.25. The van der Waals surface area contributed by atoms with Gasteiger partial charge in [0.25, 0.3) is 0 Å². The zero-order chi connectivity index (χ0) is 17.2. The highest BCUT2D eigenvalue weighted by Gasteiger charge is 2.21. The number of benzene rings is 2. The molecule has 0 fully saturated rings. The maximum atomic E-state index is 12.7. The van der Waals surface area contributed by atoms with Gasteiger partial charge in [-0.3, -0.25) is 0 Å². The SMILES string of the molecule is CCN(Cc1ccc(C)cc1)S(=O)(=O)Cc1ccc2nonc2c1. The van der Waals surface area contributed by atoms with E-state index in [9.17, 15) is 8.42 Å². The van der Waals surface area contributed by atoms with Crippen LogP contribution in [-0.4, -0.2) is 29.6 Å². The molecule has 0 saturated carbocycles. The summed E-state index contributed by atoms with van der Waals surface area (Å²) in [5.74, 6) is -0.0739. The summed E-state index contributed by atoms with van der Waals surface area (Å²) in [6, 6.07) is 13.0. The average molecular weight is 345 g/mol. The lowest BCUT2D eigenvalue weighted by molar-refractivity contribution is 0.315. The summed E-state index contributed by atoms with van der Waals surface area (Å²) in [6.45, 7) is 4.64.